The van der Waals surface area contributed by atoms with E-state index in [4.69, 9.17) is 11.6 Å². The van der Waals surface area contributed by atoms with Gasteiger partial charge < -0.3 is 10.2 Å². The second-order valence-electron chi connectivity index (χ2n) is 7.75. The lowest BCUT2D eigenvalue weighted by Crippen LogP contribution is -2.55. The standard InChI is InChI=1S/C19H27ClFN3O2/c1-13(22-18(26)19(2,3)4)17(25)24-10-8-23(9-11-24)12-14-15(20)6-5-7-16(14)21/h5-7,13H,8-12H2,1-4H3,(H,22,26). The molecule has 1 aliphatic heterocycles. The number of amides is 2. The number of nitrogens with zero attached hydrogens (tertiary/aromatic N) is 2. The van der Waals surface area contributed by atoms with Crippen LogP contribution in [0.2, 0.25) is 5.02 Å². The number of piperazine rings is 1. The van der Waals surface area contributed by atoms with E-state index >= 15 is 0 Å². The minimum Gasteiger partial charge on any atom is -0.344 e. The molecule has 1 unspecified atom stereocenters. The number of benzene rings is 1. The fourth-order valence-corrected chi connectivity index (χ4v) is 3.00. The van der Waals surface area contributed by atoms with Crippen molar-refractivity contribution in [1.29, 1.82) is 0 Å². The summed E-state index contributed by atoms with van der Waals surface area (Å²) in [5.74, 6) is -0.549. The van der Waals surface area contributed by atoms with Crippen molar-refractivity contribution in [2.45, 2.75) is 40.3 Å². The van der Waals surface area contributed by atoms with Gasteiger partial charge in [-0.25, -0.2) is 4.39 Å². The molecule has 0 bridgehead atoms. The van der Waals surface area contributed by atoms with Gasteiger partial charge in [0, 0.05) is 48.7 Å². The molecule has 0 spiro atoms. The smallest absolute Gasteiger partial charge is 0.244 e. The highest BCUT2D eigenvalue weighted by molar-refractivity contribution is 6.31. The Bertz CT molecular complexity index is 647. The normalized spacial score (nSPS) is 17.1. The number of hydrogen-bond acceptors (Lipinski definition) is 3. The lowest BCUT2D eigenvalue weighted by Gasteiger charge is -2.36. The predicted octanol–water partition coefficient (Wildman–Crippen LogP) is 2.67. The topological polar surface area (TPSA) is 52.7 Å². The minimum atomic E-state index is -0.561. The number of halogens is 2. The van der Waals surface area contributed by atoms with E-state index in [9.17, 15) is 14.0 Å². The highest BCUT2D eigenvalue weighted by atomic mass is 35.5. The van der Waals surface area contributed by atoms with E-state index in [0.717, 1.165) is 0 Å². The van der Waals surface area contributed by atoms with Crippen LogP contribution in [-0.4, -0.2) is 53.8 Å². The van der Waals surface area contributed by atoms with Gasteiger partial charge in [0.1, 0.15) is 11.9 Å². The van der Waals surface area contributed by atoms with Crippen LogP contribution in [0.5, 0.6) is 0 Å². The maximum atomic E-state index is 13.9. The van der Waals surface area contributed by atoms with E-state index in [1.54, 1.807) is 24.0 Å². The van der Waals surface area contributed by atoms with E-state index in [2.05, 4.69) is 10.2 Å². The molecule has 1 atom stereocenters. The summed E-state index contributed by atoms with van der Waals surface area (Å²) >= 11 is 6.08. The molecule has 0 aromatic heterocycles. The van der Waals surface area contributed by atoms with Crippen LogP contribution in [-0.2, 0) is 16.1 Å². The van der Waals surface area contributed by atoms with Gasteiger partial charge in [0.05, 0.1) is 0 Å². The van der Waals surface area contributed by atoms with Crippen LogP contribution in [0.25, 0.3) is 0 Å². The first kappa shape index (κ1) is 20.6. The van der Waals surface area contributed by atoms with Crippen molar-refractivity contribution in [2.75, 3.05) is 26.2 Å². The Morgan fingerprint density at radius 1 is 1.23 bits per heavy atom. The zero-order valence-electron chi connectivity index (χ0n) is 15.8. The first-order valence-corrected chi connectivity index (χ1v) is 9.22. The predicted molar refractivity (Wildman–Crippen MR) is 100 cm³/mol. The molecular formula is C19H27ClFN3O2. The Labute approximate surface area is 159 Å². The molecule has 1 fully saturated rings. The summed E-state index contributed by atoms with van der Waals surface area (Å²) in [7, 11) is 0. The Hall–Kier alpha value is -1.66. The first-order valence-electron chi connectivity index (χ1n) is 8.84. The fourth-order valence-electron chi connectivity index (χ4n) is 2.78. The monoisotopic (exact) mass is 383 g/mol. The Kier molecular flexibility index (Phi) is 6.64. The van der Waals surface area contributed by atoms with Crippen LogP contribution < -0.4 is 5.32 Å². The van der Waals surface area contributed by atoms with Crippen LogP contribution in [0.1, 0.15) is 33.3 Å². The second kappa shape index (κ2) is 8.35. The molecule has 5 nitrogen and oxygen atoms in total. The van der Waals surface area contributed by atoms with E-state index in [1.807, 2.05) is 20.8 Å². The number of rotatable bonds is 4. The minimum absolute atomic E-state index is 0.0915. The molecule has 0 aliphatic carbocycles. The van der Waals surface area contributed by atoms with Gasteiger partial charge in [-0.1, -0.05) is 38.4 Å². The molecule has 26 heavy (non-hydrogen) atoms. The van der Waals surface area contributed by atoms with Crippen LogP contribution in [0, 0.1) is 11.2 Å². The second-order valence-corrected chi connectivity index (χ2v) is 8.15. The quantitative estimate of drug-likeness (QED) is 0.869. The van der Waals surface area contributed by atoms with Gasteiger partial charge in [0.15, 0.2) is 0 Å². The van der Waals surface area contributed by atoms with Gasteiger partial charge in [0.25, 0.3) is 0 Å². The summed E-state index contributed by atoms with van der Waals surface area (Å²) < 4.78 is 13.9. The Balaban J connectivity index is 1.87. The largest absolute Gasteiger partial charge is 0.344 e. The average Bonchev–Trinajstić information content (AvgIpc) is 2.57. The van der Waals surface area contributed by atoms with Crippen molar-refractivity contribution in [3.05, 3.63) is 34.6 Å². The molecule has 0 saturated carbocycles. The Morgan fingerprint density at radius 3 is 2.38 bits per heavy atom. The molecular weight excluding hydrogens is 357 g/mol. The van der Waals surface area contributed by atoms with E-state index < -0.39 is 11.5 Å². The number of carbonyl (C=O) groups is 2. The third kappa shape index (κ3) is 5.17. The molecule has 1 aromatic carbocycles. The van der Waals surface area contributed by atoms with E-state index in [-0.39, 0.29) is 17.6 Å². The van der Waals surface area contributed by atoms with Crippen molar-refractivity contribution in [2.24, 2.45) is 5.41 Å². The fraction of sp³-hybridized carbons (Fsp3) is 0.579. The highest BCUT2D eigenvalue weighted by Crippen LogP contribution is 2.21. The third-order valence-corrected chi connectivity index (χ3v) is 4.88. The summed E-state index contributed by atoms with van der Waals surface area (Å²) in [6.45, 7) is 9.92. The molecule has 144 valence electrons. The van der Waals surface area contributed by atoms with Gasteiger partial charge in [-0.3, -0.25) is 14.5 Å². The zero-order valence-corrected chi connectivity index (χ0v) is 16.6. The lowest BCUT2D eigenvalue weighted by atomic mass is 9.95. The molecule has 7 heteroatoms. The molecule has 0 radical (unpaired) electrons. The van der Waals surface area contributed by atoms with Crippen LogP contribution >= 0.6 is 11.6 Å². The van der Waals surface area contributed by atoms with Crippen LogP contribution in [0.15, 0.2) is 18.2 Å². The van der Waals surface area contributed by atoms with Gasteiger partial charge in [-0.05, 0) is 19.1 Å². The molecule has 1 aromatic rings. The first-order chi connectivity index (χ1) is 12.1. The summed E-state index contributed by atoms with van der Waals surface area (Å²) in [6, 6.07) is 4.11. The summed E-state index contributed by atoms with van der Waals surface area (Å²) in [6.07, 6.45) is 0. The molecule has 2 rings (SSSR count). The summed E-state index contributed by atoms with van der Waals surface area (Å²) in [5.41, 5.74) is -0.0496. The van der Waals surface area contributed by atoms with Crippen LogP contribution in [0.3, 0.4) is 0 Å². The van der Waals surface area contributed by atoms with Gasteiger partial charge in [-0.2, -0.15) is 0 Å². The molecule has 1 N–H and O–H groups in total. The van der Waals surface area contributed by atoms with Crippen molar-refractivity contribution < 1.29 is 14.0 Å². The maximum Gasteiger partial charge on any atom is 0.244 e. The van der Waals surface area contributed by atoms with Crippen molar-refractivity contribution in [3.63, 3.8) is 0 Å². The third-order valence-electron chi connectivity index (χ3n) is 4.53. The van der Waals surface area contributed by atoms with Gasteiger partial charge in [-0.15, -0.1) is 0 Å². The number of nitrogens with one attached hydrogen (secondary N) is 1. The molecule has 1 saturated heterocycles. The lowest BCUT2D eigenvalue weighted by molar-refractivity contribution is -0.139. The summed E-state index contributed by atoms with van der Waals surface area (Å²) in [5, 5.41) is 3.19. The van der Waals surface area contributed by atoms with Gasteiger partial charge >= 0.3 is 0 Å². The number of carbonyl (C=O) groups excluding carboxylic acids is 2. The summed E-state index contributed by atoms with van der Waals surface area (Å²) in [4.78, 5) is 28.4. The van der Waals surface area contributed by atoms with Crippen LogP contribution in [0.4, 0.5) is 4.39 Å². The average molecular weight is 384 g/mol. The number of hydrogen-bond donors (Lipinski definition) is 1. The van der Waals surface area contributed by atoms with Gasteiger partial charge in [0.2, 0.25) is 11.8 Å². The molecule has 1 aliphatic rings. The SMILES string of the molecule is CC(NC(=O)C(C)(C)C)C(=O)N1CCN(Cc2c(F)cccc2Cl)CC1. The van der Waals surface area contributed by atoms with E-state index in [0.29, 0.717) is 43.3 Å². The Morgan fingerprint density at radius 2 is 1.85 bits per heavy atom. The zero-order chi connectivity index (χ0) is 19.5. The molecule has 2 amide bonds. The van der Waals surface area contributed by atoms with E-state index in [1.165, 1.54) is 6.07 Å². The highest BCUT2D eigenvalue weighted by Gasteiger charge is 2.29. The van der Waals surface area contributed by atoms with Crippen molar-refractivity contribution in [3.8, 4) is 0 Å². The maximum absolute atomic E-state index is 13.9. The van der Waals surface area contributed by atoms with Crippen molar-refractivity contribution >= 4 is 23.4 Å². The van der Waals surface area contributed by atoms with Crippen molar-refractivity contribution in [1.82, 2.24) is 15.1 Å². The molecule has 1 heterocycles.